The highest BCUT2D eigenvalue weighted by atomic mass is 32.1. The second-order valence-electron chi connectivity index (χ2n) is 5.00. The number of hydrogen-bond acceptors (Lipinski definition) is 5. The summed E-state index contributed by atoms with van der Waals surface area (Å²) in [5.41, 5.74) is -0.0154. The molecular formula is C11H21N3OS. The van der Waals surface area contributed by atoms with E-state index in [0.717, 1.165) is 23.8 Å². The maximum atomic E-state index is 9.57. The van der Waals surface area contributed by atoms with Gasteiger partial charge in [-0.1, -0.05) is 34.1 Å². The van der Waals surface area contributed by atoms with E-state index in [1.54, 1.807) is 0 Å². The third kappa shape index (κ3) is 4.06. The van der Waals surface area contributed by atoms with Crippen LogP contribution in [0.3, 0.4) is 0 Å². The number of rotatable bonds is 5. The molecule has 0 aliphatic rings. The van der Waals surface area contributed by atoms with Gasteiger partial charge in [0.2, 0.25) is 5.13 Å². The maximum Gasteiger partial charge on any atom is 0.202 e. The van der Waals surface area contributed by atoms with Gasteiger partial charge in [0.15, 0.2) is 0 Å². The lowest BCUT2D eigenvalue weighted by Gasteiger charge is -2.12. The van der Waals surface area contributed by atoms with Gasteiger partial charge in [0.25, 0.3) is 0 Å². The van der Waals surface area contributed by atoms with E-state index in [9.17, 15) is 5.11 Å². The molecule has 0 fully saturated rings. The van der Waals surface area contributed by atoms with Crippen molar-refractivity contribution in [3.8, 4) is 0 Å². The first-order valence-electron chi connectivity index (χ1n) is 5.69. The summed E-state index contributed by atoms with van der Waals surface area (Å²) in [7, 11) is 0. The van der Waals surface area contributed by atoms with Crippen LogP contribution in [0.5, 0.6) is 0 Å². The number of aliphatic hydroxyl groups is 1. The van der Waals surface area contributed by atoms with Gasteiger partial charge in [0.05, 0.1) is 6.10 Å². The van der Waals surface area contributed by atoms with Gasteiger partial charge in [0, 0.05) is 23.5 Å². The molecule has 0 saturated heterocycles. The first-order chi connectivity index (χ1) is 7.43. The Hall–Kier alpha value is -0.680. The maximum absolute atomic E-state index is 9.57. The Morgan fingerprint density at radius 2 is 2.12 bits per heavy atom. The van der Waals surface area contributed by atoms with Gasteiger partial charge < -0.3 is 10.4 Å². The summed E-state index contributed by atoms with van der Waals surface area (Å²) >= 11 is 1.35. The largest absolute Gasteiger partial charge is 0.391 e. The number of aliphatic hydroxyl groups excluding tert-OH is 1. The van der Waals surface area contributed by atoms with E-state index in [1.165, 1.54) is 11.5 Å². The van der Waals surface area contributed by atoms with E-state index in [2.05, 4.69) is 42.4 Å². The third-order valence-corrected chi connectivity index (χ3v) is 2.88. The van der Waals surface area contributed by atoms with Crippen LogP contribution in [-0.4, -0.2) is 27.1 Å². The van der Waals surface area contributed by atoms with Crippen molar-refractivity contribution in [2.45, 2.75) is 52.1 Å². The molecule has 0 spiro atoms. The lowest BCUT2D eigenvalue weighted by molar-refractivity contribution is 0.176. The van der Waals surface area contributed by atoms with E-state index in [-0.39, 0.29) is 11.5 Å². The molecule has 16 heavy (non-hydrogen) atoms. The molecule has 0 amide bonds. The molecule has 2 N–H and O–H groups in total. The lowest BCUT2D eigenvalue weighted by Crippen LogP contribution is -2.19. The van der Waals surface area contributed by atoms with E-state index in [1.807, 2.05) is 0 Å². The molecule has 1 atom stereocenters. The Morgan fingerprint density at radius 3 is 2.62 bits per heavy atom. The van der Waals surface area contributed by atoms with Crippen LogP contribution in [0.1, 0.15) is 46.4 Å². The van der Waals surface area contributed by atoms with E-state index in [0.29, 0.717) is 6.54 Å². The summed E-state index contributed by atoms with van der Waals surface area (Å²) in [4.78, 5) is 4.40. The molecule has 0 bridgehead atoms. The van der Waals surface area contributed by atoms with Crippen LogP contribution in [0.4, 0.5) is 5.13 Å². The van der Waals surface area contributed by atoms with Crippen molar-refractivity contribution in [1.82, 2.24) is 9.36 Å². The highest BCUT2D eigenvalue weighted by Crippen LogP contribution is 2.22. The van der Waals surface area contributed by atoms with Gasteiger partial charge in [0.1, 0.15) is 5.82 Å². The van der Waals surface area contributed by atoms with Crippen LogP contribution in [0.25, 0.3) is 0 Å². The average molecular weight is 243 g/mol. The quantitative estimate of drug-likeness (QED) is 0.834. The van der Waals surface area contributed by atoms with Crippen molar-refractivity contribution in [3.05, 3.63) is 5.82 Å². The summed E-state index contributed by atoms with van der Waals surface area (Å²) in [6.45, 7) is 8.87. The fourth-order valence-electron chi connectivity index (χ4n) is 1.24. The minimum atomic E-state index is -0.299. The second-order valence-corrected chi connectivity index (χ2v) is 5.75. The molecule has 1 unspecified atom stereocenters. The summed E-state index contributed by atoms with van der Waals surface area (Å²) in [5, 5.41) is 13.5. The molecule has 0 aliphatic carbocycles. The highest BCUT2D eigenvalue weighted by Gasteiger charge is 2.19. The first kappa shape index (κ1) is 13.4. The van der Waals surface area contributed by atoms with Gasteiger partial charge in [-0.25, -0.2) is 4.98 Å². The van der Waals surface area contributed by atoms with Gasteiger partial charge >= 0.3 is 0 Å². The molecule has 0 aliphatic heterocycles. The fraction of sp³-hybridized carbons (Fsp3) is 0.818. The van der Waals surface area contributed by atoms with E-state index >= 15 is 0 Å². The molecule has 92 valence electrons. The summed E-state index contributed by atoms with van der Waals surface area (Å²) in [6, 6.07) is 0. The molecule has 5 heteroatoms. The Labute approximate surface area is 101 Å². The average Bonchev–Trinajstić information content (AvgIpc) is 2.63. The summed E-state index contributed by atoms with van der Waals surface area (Å²) in [5.74, 6) is 0.852. The minimum absolute atomic E-state index is 0.0154. The second kappa shape index (κ2) is 5.59. The topological polar surface area (TPSA) is 58.0 Å². The molecule has 1 heterocycles. The predicted octanol–water partition coefficient (Wildman–Crippen LogP) is 2.41. The Morgan fingerprint density at radius 1 is 1.44 bits per heavy atom. The molecule has 4 nitrogen and oxygen atoms in total. The number of anilines is 1. The molecule has 1 aromatic heterocycles. The van der Waals surface area contributed by atoms with Gasteiger partial charge in [-0.3, -0.25) is 0 Å². The minimum Gasteiger partial charge on any atom is -0.391 e. The molecule has 1 aromatic rings. The van der Waals surface area contributed by atoms with Crippen molar-refractivity contribution in [3.63, 3.8) is 0 Å². The van der Waals surface area contributed by atoms with Crippen LogP contribution in [0, 0.1) is 0 Å². The molecule has 0 radical (unpaired) electrons. The van der Waals surface area contributed by atoms with E-state index < -0.39 is 0 Å². The van der Waals surface area contributed by atoms with Crippen molar-refractivity contribution < 1.29 is 5.11 Å². The molecular weight excluding hydrogens is 222 g/mol. The normalized spacial score (nSPS) is 13.8. The van der Waals surface area contributed by atoms with Crippen LogP contribution in [0.15, 0.2) is 0 Å². The zero-order valence-corrected chi connectivity index (χ0v) is 11.3. The monoisotopic (exact) mass is 243 g/mol. The standard InChI is InChI=1S/C11H21N3OS/c1-5-6-8(15)7-12-10-13-9(14-16-10)11(2,3)4/h8,15H,5-7H2,1-4H3,(H,12,13,14). The SMILES string of the molecule is CCCC(O)CNc1nc(C(C)(C)C)ns1. The van der Waals surface area contributed by atoms with Crippen molar-refractivity contribution in [1.29, 1.82) is 0 Å². The zero-order valence-electron chi connectivity index (χ0n) is 10.4. The number of hydrogen-bond donors (Lipinski definition) is 2. The Balaban J connectivity index is 2.47. The van der Waals surface area contributed by atoms with Crippen LogP contribution in [0.2, 0.25) is 0 Å². The highest BCUT2D eigenvalue weighted by molar-refractivity contribution is 7.09. The smallest absolute Gasteiger partial charge is 0.202 e. The fourth-order valence-corrected chi connectivity index (χ4v) is 2.00. The van der Waals surface area contributed by atoms with Crippen LogP contribution < -0.4 is 5.32 Å². The Bertz CT molecular complexity index is 319. The third-order valence-electron chi connectivity index (χ3n) is 2.21. The van der Waals surface area contributed by atoms with Crippen LogP contribution >= 0.6 is 11.5 Å². The molecule has 0 aromatic carbocycles. The van der Waals surface area contributed by atoms with E-state index in [4.69, 9.17) is 0 Å². The first-order valence-corrected chi connectivity index (χ1v) is 6.47. The molecule has 1 rings (SSSR count). The van der Waals surface area contributed by atoms with Gasteiger partial charge in [-0.2, -0.15) is 4.37 Å². The zero-order chi connectivity index (χ0) is 12.2. The van der Waals surface area contributed by atoms with Crippen molar-refractivity contribution in [2.24, 2.45) is 0 Å². The summed E-state index contributed by atoms with van der Waals surface area (Å²) in [6.07, 6.45) is 1.51. The Kier molecular flexibility index (Phi) is 4.68. The summed E-state index contributed by atoms with van der Waals surface area (Å²) < 4.78 is 4.30. The predicted molar refractivity (Wildman–Crippen MR) is 68.0 cm³/mol. The number of aromatic nitrogens is 2. The number of nitrogens with one attached hydrogen (secondary N) is 1. The molecule has 0 saturated carbocycles. The van der Waals surface area contributed by atoms with Gasteiger partial charge in [-0.05, 0) is 6.42 Å². The van der Waals surface area contributed by atoms with Crippen LogP contribution in [-0.2, 0) is 5.41 Å². The number of nitrogens with zero attached hydrogens (tertiary/aromatic N) is 2. The lowest BCUT2D eigenvalue weighted by atomic mass is 9.96. The van der Waals surface area contributed by atoms with Gasteiger partial charge in [-0.15, -0.1) is 0 Å². The van der Waals surface area contributed by atoms with Crippen molar-refractivity contribution >= 4 is 16.7 Å². The van der Waals surface area contributed by atoms with Crippen molar-refractivity contribution in [2.75, 3.05) is 11.9 Å².